The third-order valence-corrected chi connectivity index (χ3v) is 4.28. The summed E-state index contributed by atoms with van der Waals surface area (Å²) in [7, 11) is -1.88. The van der Waals surface area contributed by atoms with Crippen LogP contribution >= 0.6 is 0 Å². The molecular formula is C11H19N4O4S+. The van der Waals surface area contributed by atoms with Crippen molar-refractivity contribution in [1.29, 1.82) is 0 Å². The van der Waals surface area contributed by atoms with Gasteiger partial charge in [0.1, 0.15) is 18.0 Å². The highest BCUT2D eigenvalue weighted by molar-refractivity contribution is 7.87. The van der Waals surface area contributed by atoms with Gasteiger partial charge in [0.2, 0.25) is 0 Å². The Morgan fingerprint density at radius 3 is 2.35 bits per heavy atom. The molecule has 0 saturated carbocycles. The monoisotopic (exact) mass is 303 g/mol. The van der Waals surface area contributed by atoms with Gasteiger partial charge in [-0.3, -0.25) is 4.90 Å². The Morgan fingerprint density at radius 1 is 1.30 bits per heavy atom. The quantitative estimate of drug-likeness (QED) is 0.713. The van der Waals surface area contributed by atoms with Gasteiger partial charge in [-0.2, -0.15) is 8.42 Å². The molecule has 0 spiro atoms. The van der Waals surface area contributed by atoms with Gasteiger partial charge >= 0.3 is 16.3 Å². The second kappa shape index (κ2) is 4.74. The molecule has 2 heterocycles. The van der Waals surface area contributed by atoms with Crippen LogP contribution in [-0.4, -0.2) is 46.6 Å². The van der Waals surface area contributed by atoms with Crippen LogP contribution in [0.25, 0.3) is 0 Å². The molecule has 0 bridgehead atoms. The number of imidazole rings is 1. The molecule has 1 amide bonds. The number of hydrogen-bond donors (Lipinski definition) is 0. The SMILES string of the molecule is C[n+]1ccn(S(=O)(=O)N2CN(C(=O)OC(C)(C)C)C2)c1. The van der Waals surface area contributed by atoms with Crippen molar-refractivity contribution < 1.29 is 22.5 Å². The van der Waals surface area contributed by atoms with Gasteiger partial charge in [0, 0.05) is 0 Å². The highest BCUT2D eigenvalue weighted by atomic mass is 32.2. The molecule has 1 fully saturated rings. The molecule has 2 rings (SSSR count). The maximum absolute atomic E-state index is 12.2. The zero-order valence-electron chi connectivity index (χ0n) is 12.0. The van der Waals surface area contributed by atoms with Gasteiger partial charge in [0.25, 0.3) is 6.33 Å². The van der Waals surface area contributed by atoms with Crippen molar-refractivity contribution >= 4 is 16.3 Å². The summed E-state index contributed by atoms with van der Waals surface area (Å²) >= 11 is 0. The molecule has 0 aromatic carbocycles. The van der Waals surface area contributed by atoms with Gasteiger partial charge in [-0.15, -0.1) is 8.28 Å². The van der Waals surface area contributed by atoms with E-state index in [0.29, 0.717) is 0 Å². The number of rotatable bonds is 2. The molecule has 0 unspecified atom stereocenters. The minimum absolute atomic E-state index is 0.000852. The first-order chi connectivity index (χ1) is 9.09. The van der Waals surface area contributed by atoms with Crippen LogP contribution in [0.4, 0.5) is 4.79 Å². The van der Waals surface area contributed by atoms with Crippen molar-refractivity contribution in [3.8, 4) is 0 Å². The van der Waals surface area contributed by atoms with Crippen LogP contribution in [0, 0.1) is 0 Å². The molecule has 0 N–H and O–H groups in total. The van der Waals surface area contributed by atoms with Crippen LogP contribution in [0.2, 0.25) is 0 Å². The predicted octanol–water partition coefficient (Wildman–Crippen LogP) is -0.127. The maximum atomic E-state index is 12.2. The molecule has 1 saturated heterocycles. The molecular weight excluding hydrogens is 284 g/mol. The van der Waals surface area contributed by atoms with E-state index in [1.165, 1.54) is 21.7 Å². The Morgan fingerprint density at radius 2 is 1.90 bits per heavy atom. The van der Waals surface area contributed by atoms with Gasteiger partial charge in [-0.1, -0.05) is 0 Å². The van der Waals surface area contributed by atoms with Crippen molar-refractivity contribution in [1.82, 2.24) is 13.2 Å². The Kier molecular flexibility index (Phi) is 3.51. The molecule has 112 valence electrons. The number of aromatic nitrogens is 2. The minimum atomic E-state index is -3.61. The van der Waals surface area contributed by atoms with Crippen molar-refractivity contribution in [3.05, 3.63) is 18.7 Å². The molecule has 0 atom stereocenters. The maximum Gasteiger partial charge on any atom is 0.412 e. The normalized spacial score (nSPS) is 16.9. The van der Waals surface area contributed by atoms with E-state index in [4.69, 9.17) is 4.74 Å². The topological polar surface area (TPSA) is 75.7 Å². The first-order valence-electron chi connectivity index (χ1n) is 6.11. The number of carbonyl (C=O) groups is 1. The summed E-state index contributed by atoms with van der Waals surface area (Å²) in [5.74, 6) is 0. The molecule has 0 radical (unpaired) electrons. The van der Waals surface area contributed by atoms with E-state index >= 15 is 0 Å². The first-order valence-corrected chi connectivity index (χ1v) is 7.51. The van der Waals surface area contributed by atoms with Crippen LogP contribution < -0.4 is 4.57 Å². The average molecular weight is 303 g/mol. The van der Waals surface area contributed by atoms with E-state index in [2.05, 4.69) is 0 Å². The summed E-state index contributed by atoms with van der Waals surface area (Å²) < 4.78 is 33.5. The van der Waals surface area contributed by atoms with Crippen LogP contribution in [0.1, 0.15) is 20.8 Å². The number of nitrogens with zero attached hydrogens (tertiary/aromatic N) is 4. The van der Waals surface area contributed by atoms with E-state index in [1.807, 2.05) is 0 Å². The number of hydrogen-bond acceptors (Lipinski definition) is 4. The lowest BCUT2D eigenvalue weighted by atomic mass is 10.2. The Labute approximate surface area is 118 Å². The van der Waals surface area contributed by atoms with Gasteiger partial charge in [0.05, 0.1) is 20.4 Å². The molecule has 1 aliphatic rings. The molecule has 9 heteroatoms. The summed E-state index contributed by atoms with van der Waals surface area (Å²) in [6, 6.07) is 0. The standard InChI is InChI=1S/C11H19N4O4S/c1-11(2,3)19-10(16)13-8-15(9-13)20(17,18)14-6-5-12(4)7-14/h5-7H,8-9H2,1-4H3/q+1. The van der Waals surface area contributed by atoms with Crippen molar-refractivity contribution in [2.24, 2.45) is 7.05 Å². The van der Waals surface area contributed by atoms with Crippen molar-refractivity contribution in [2.45, 2.75) is 26.4 Å². The molecule has 1 aliphatic heterocycles. The van der Waals surface area contributed by atoms with E-state index in [-0.39, 0.29) is 13.3 Å². The van der Waals surface area contributed by atoms with Gasteiger partial charge in [-0.05, 0) is 20.8 Å². The second-order valence-electron chi connectivity index (χ2n) is 5.67. The summed E-state index contributed by atoms with van der Waals surface area (Å²) in [4.78, 5) is 13.1. The van der Waals surface area contributed by atoms with Gasteiger partial charge in [0.15, 0.2) is 0 Å². The summed E-state index contributed by atoms with van der Waals surface area (Å²) in [6.07, 6.45) is 4.02. The lowest BCUT2D eigenvalue weighted by Crippen LogP contribution is -2.61. The number of amides is 1. The van der Waals surface area contributed by atoms with E-state index in [9.17, 15) is 13.2 Å². The fraction of sp³-hybridized carbons (Fsp3) is 0.636. The number of aryl methyl sites for hydroxylation is 1. The van der Waals surface area contributed by atoms with Gasteiger partial charge < -0.3 is 4.74 Å². The third-order valence-electron chi connectivity index (χ3n) is 2.65. The van der Waals surface area contributed by atoms with Crippen molar-refractivity contribution in [3.63, 3.8) is 0 Å². The van der Waals surface area contributed by atoms with Crippen molar-refractivity contribution in [2.75, 3.05) is 13.3 Å². The van der Waals surface area contributed by atoms with Crippen LogP contribution in [0.3, 0.4) is 0 Å². The highest BCUT2D eigenvalue weighted by Gasteiger charge is 2.41. The second-order valence-corrected chi connectivity index (χ2v) is 7.51. The summed E-state index contributed by atoms with van der Waals surface area (Å²) in [6.45, 7) is 5.29. The van der Waals surface area contributed by atoms with E-state index in [1.54, 1.807) is 38.6 Å². The molecule has 20 heavy (non-hydrogen) atoms. The Bertz CT molecular complexity index is 611. The largest absolute Gasteiger partial charge is 0.444 e. The Balaban J connectivity index is 1.98. The summed E-state index contributed by atoms with van der Waals surface area (Å²) in [5, 5.41) is 0. The summed E-state index contributed by atoms with van der Waals surface area (Å²) in [5.41, 5.74) is -0.593. The number of carbonyl (C=O) groups excluding carboxylic acids is 1. The predicted molar refractivity (Wildman–Crippen MR) is 69.6 cm³/mol. The van der Waals surface area contributed by atoms with Crippen LogP contribution in [0.15, 0.2) is 18.7 Å². The van der Waals surface area contributed by atoms with Crippen LogP contribution in [-0.2, 0) is 22.0 Å². The molecule has 0 aliphatic carbocycles. The van der Waals surface area contributed by atoms with Gasteiger partial charge in [-0.25, -0.2) is 9.36 Å². The fourth-order valence-electron chi connectivity index (χ4n) is 1.62. The Hall–Kier alpha value is -1.61. The first kappa shape index (κ1) is 14.8. The minimum Gasteiger partial charge on any atom is -0.444 e. The highest BCUT2D eigenvalue weighted by Crippen LogP contribution is 2.19. The van der Waals surface area contributed by atoms with Crippen LogP contribution in [0.5, 0.6) is 0 Å². The third kappa shape index (κ3) is 2.93. The molecule has 8 nitrogen and oxygen atoms in total. The lowest BCUT2D eigenvalue weighted by molar-refractivity contribution is -0.670. The number of ether oxygens (including phenoxy) is 1. The molecule has 1 aromatic heterocycles. The lowest BCUT2D eigenvalue weighted by Gasteiger charge is -2.39. The van der Waals surface area contributed by atoms with E-state index in [0.717, 1.165) is 3.97 Å². The average Bonchev–Trinajstić information content (AvgIpc) is 2.59. The zero-order chi connectivity index (χ0) is 15.1. The molecule has 1 aromatic rings. The smallest absolute Gasteiger partial charge is 0.412 e. The zero-order valence-corrected chi connectivity index (χ0v) is 12.8. The fourth-order valence-corrected chi connectivity index (χ4v) is 2.94. The van der Waals surface area contributed by atoms with E-state index < -0.39 is 21.9 Å².